The Hall–Kier alpha value is 0.620. The highest BCUT2D eigenvalue weighted by Gasteiger charge is 2.42. The highest BCUT2D eigenvalue weighted by atomic mass is 79.9. The van der Waals surface area contributed by atoms with Gasteiger partial charge in [-0.1, -0.05) is 22.9 Å². The maximum absolute atomic E-state index is 5.90. The van der Waals surface area contributed by atoms with Crippen LogP contribution in [0.4, 0.5) is 0 Å². The first-order valence-corrected chi connectivity index (χ1v) is 8.13. The summed E-state index contributed by atoms with van der Waals surface area (Å²) in [5, 5.41) is 2.13. The SMILES string of the molecule is CC1OC(C)C(C(Br)c2sccc2Br)C1C. The lowest BCUT2D eigenvalue weighted by molar-refractivity contribution is 0.0511. The van der Waals surface area contributed by atoms with Crippen LogP contribution >= 0.6 is 43.2 Å². The Morgan fingerprint density at radius 1 is 1.31 bits per heavy atom. The van der Waals surface area contributed by atoms with Crippen LogP contribution in [0.15, 0.2) is 15.9 Å². The van der Waals surface area contributed by atoms with Gasteiger partial charge in [-0.15, -0.1) is 11.3 Å². The van der Waals surface area contributed by atoms with E-state index in [4.69, 9.17) is 4.74 Å². The van der Waals surface area contributed by atoms with E-state index in [0.717, 1.165) is 0 Å². The lowest BCUT2D eigenvalue weighted by Crippen LogP contribution is -2.21. The minimum absolute atomic E-state index is 0.323. The van der Waals surface area contributed by atoms with Crippen molar-refractivity contribution in [3.05, 3.63) is 20.8 Å². The van der Waals surface area contributed by atoms with E-state index in [9.17, 15) is 0 Å². The second-order valence-corrected chi connectivity index (χ2v) is 7.31. The third kappa shape index (κ3) is 2.26. The van der Waals surface area contributed by atoms with Gasteiger partial charge < -0.3 is 4.74 Å². The normalized spacial score (nSPS) is 36.6. The molecule has 0 saturated carbocycles. The Kier molecular flexibility index (Phi) is 4.15. The summed E-state index contributed by atoms with van der Waals surface area (Å²) >= 11 is 9.26. The molecule has 0 aliphatic carbocycles. The smallest absolute Gasteiger partial charge is 0.0596 e. The number of ether oxygens (including phenoxy) is 1. The summed E-state index contributed by atoms with van der Waals surface area (Å²) in [5.74, 6) is 1.14. The van der Waals surface area contributed by atoms with Gasteiger partial charge in [-0.25, -0.2) is 0 Å². The summed E-state index contributed by atoms with van der Waals surface area (Å²) in [6.07, 6.45) is 0.683. The molecule has 0 aromatic carbocycles. The van der Waals surface area contributed by atoms with Gasteiger partial charge in [-0.3, -0.25) is 0 Å². The first-order valence-electron chi connectivity index (χ1n) is 5.54. The van der Waals surface area contributed by atoms with Crippen molar-refractivity contribution < 1.29 is 4.74 Å². The fraction of sp³-hybridized carbons (Fsp3) is 0.667. The molecule has 1 aliphatic heterocycles. The Bertz CT molecular complexity index is 366. The van der Waals surface area contributed by atoms with Crippen molar-refractivity contribution in [3.63, 3.8) is 0 Å². The van der Waals surface area contributed by atoms with Crippen molar-refractivity contribution >= 4 is 43.2 Å². The highest BCUT2D eigenvalue weighted by molar-refractivity contribution is 9.11. The first-order chi connectivity index (χ1) is 7.52. The molecule has 16 heavy (non-hydrogen) atoms. The van der Waals surface area contributed by atoms with Crippen molar-refractivity contribution in [1.29, 1.82) is 0 Å². The second-order valence-electron chi connectivity index (χ2n) is 4.52. The van der Waals surface area contributed by atoms with Crippen LogP contribution in [0.5, 0.6) is 0 Å². The summed E-state index contributed by atoms with van der Waals surface area (Å²) in [4.78, 5) is 1.76. The van der Waals surface area contributed by atoms with Crippen LogP contribution in [0, 0.1) is 11.8 Å². The molecule has 1 aliphatic rings. The minimum atomic E-state index is 0.323. The third-order valence-electron chi connectivity index (χ3n) is 3.55. The molecule has 0 N–H and O–H groups in total. The van der Waals surface area contributed by atoms with Gasteiger partial charge in [0.05, 0.1) is 17.0 Å². The fourth-order valence-corrected chi connectivity index (χ4v) is 5.92. The van der Waals surface area contributed by atoms with Crippen LogP contribution in [0.2, 0.25) is 0 Å². The number of thiophene rings is 1. The zero-order valence-corrected chi connectivity index (χ0v) is 13.6. The van der Waals surface area contributed by atoms with Gasteiger partial charge in [0.2, 0.25) is 0 Å². The van der Waals surface area contributed by atoms with Crippen molar-refractivity contribution in [2.24, 2.45) is 11.8 Å². The summed E-state index contributed by atoms with van der Waals surface area (Å²) < 4.78 is 7.11. The average molecular weight is 368 g/mol. The lowest BCUT2D eigenvalue weighted by atomic mass is 9.86. The van der Waals surface area contributed by atoms with E-state index in [2.05, 4.69) is 64.1 Å². The molecule has 1 saturated heterocycles. The molecule has 1 aromatic heterocycles. The molecule has 1 nitrogen and oxygen atoms in total. The zero-order chi connectivity index (χ0) is 11.9. The summed E-state index contributed by atoms with van der Waals surface area (Å²) in [7, 11) is 0. The Morgan fingerprint density at radius 2 is 2.00 bits per heavy atom. The third-order valence-corrected chi connectivity index (χ3v) is 6.88. The average Bonchev–Trinajstić information content (AvgIpc) is 2.73. The number of alkyl halides is 1. The van der Waals surface area contributed by atoms with Gasteiger partial charge in [-0.05, 0) is 47.1 Å². The van der Waals surface area contributed by atoms with Gasteiger partial charge in [0, 0.05) is 15.3 Å². The van der Waals surface area contributed by atoms with Crippen LogP contribution in [-0.2, 0) is 4.74 Å². The summed E-state index contributed by atoms with van der Waals surface area (Å²) in [5.41, 5.74) is 0. The minimum Gasteiger partial charge on any atom is -0.375 e. The monoisotopic (exact) mass is 366 g/mol. The fourth-order valence-electron chi connectivity index (χ4n) is 2.48. The van der Waals surface area contributed by atoms with Gasteiger partial charge in [0.15, 0.2) is 0 Å². The molecule has 0 bridgehead atoms. The van der Waals surface area contributed by atoms with Crippen LogP contribution in [-0.4, -0.2) is 12.2 Å². The van der Waals surface area contributed by atoms with Gasteiger partial charge in [0.1, 0.15) is 0 Å². The molecular formula is C12H16Br2OS. The molecule has 5 atom stereocenters. The van der Waals surface area contributed by atoms with Gasteiger partial charge >= 0.3 is 0 Å². The molecule has 0 radical (unpaired) electrons. The molecule has 2 rings (SSSR count). The largest absolute Gasteiger partial charge is 0.375 e. The molecule has 0 spiro atoms. The molecular weight excluding hydrogens is 352 g/mol. The van der Waals surface area contributed by atoms with Gasteiger partial charge in [0.25, 0.3) is 0 Å². The number of hydrogen-bond donors (Lipinski definition) is 0. The predicted octanol–water partition coefficient (Wildman–Crippen LogP) is 5.01. The Balaban J connectivity index is 2.22. The predicted molar refractivity (Wildman–Crippen MR) is 76.4 cm³/mol. The van der Waals surface area contributed by atoms with E-state index < -0.39 is 0 Å². The van der Waals surface area contributed by atoms with Crippen LogP contribution < -0.4 is 0 Å². The summed E-state index contributed by atoms with van der Waals surface area (Å²) in [6.45, 7) is 6.64. The molecule has 5 unspecified atom stereocenters. The van der Waals surface area contributed by atoms with Crippen LogP contribution in [0.25, 0.3) is 0 Å². The van der Waals surface area contributed by atoms with Gasteiger partial charge in [-0.2, -0.15) is 0 Å². The molecule has 1 aromatic rings. The Labute approximate surface area is 118 Å². The standard InChI is InChI=1S/C12H16Br2OS/c1-6-7(2)15-8(3)10(6)11(14)12-9(13)4-5-16-12/h4-8,10-11H,1-3H3. The van der Waals surface area contributed by atoms with Crippen molar-refractivity contribution in [2.75, 3.05) is 0 Å². The van der Waals surface area contributed by atoms with Crippen molar-refractivity contribution in [1.82, 2.24) is 0 Å². The van der Waals surface area contributed by atoms with Crippen LogP contribution in [0.1, 0.15) is 30.5 Å². The quantitative estimate of drug-likeness (QED) is 0.668. The van der Waals surface area contributed by atoms with E-state index in [-0.39, 0.29) is 0 Å². The number of hydrogen-bond acceptors (Lipinski definition) is 2. The topological polar surface area (TPSA) is 9.23 Å². The van der Waals surface area contributed by atoms with Crippen molar-refractivity contribution in [3.8, 4) is 0 Å². The molecule has 4 heteroatoms. The molecule has 0 amide bonds. The maximum Gasteiger partial charge on any atom is 0.0596 e. The molecule has 2 heterocycles. The van der Waals surface area contributed by atoms with E-state index in [1.54, 1.807) is 11.3 Å². The lowest BCUT2D eigenvalue weighted by Gasteiger charge is -2.23. The maximum atomic E-state index is 5.90. The molecule has 90 valence electrons. The highest BCUT2D eigenvalue weighted by Crippen LogP contribution is 2.48. The number of rotatable bonds is 2. The van der Waals surface area contributed by atoms with Crippen LogP contribution in [0.3, 0.4) is 0 Å². The van der Waals surface area contributed by atoms with E-state index in [0.29, 0.717) is 28.9 Å². The van der Waals surface area contributed by atoms with Crippen molar-refractivity contribution in [2.45, 2.75) is 37.8 Å². The van der Waals surface area contributed by atoms with E-state index >= 15 is 0 Å². The van der Waals surface area contributed by atoms with E-state index in [1.807, 2.05) is 0 Å². The molecule has 1 fully saturated rings. The summed E-state index contributed by atoms with van der Waals surface area (Å²) in [6, 6.07) is 2.11. The second kappa shape index (κ2) is 5.09. The Morgan fingerprint density at radius 3 is 2.44 bits per heavy atom. The zero-order valence-electron chi connectivity index (χ0n) is 9.61. The number of halogens is 2. The van der Waals surface area contributed by atoms with E-state index in [1.165, 1.54) is 9.35 Å². The first kappa shape index (κ1) is 13.1.